The van der Waals surface area contributed by atoms with E-state index >= 15 is 0 Å². The summed E-state index contributed by atoms with van der Waals surface area (Å²) in [6.07, 6.45) is 9.86. The molecule has 0 heterocycles. The molecule has 5 unspecified atom stereocenters. The molecule has 0 spiro atoms. The Labute approximate surface area is 181 Å². The minimum atomic E-state index is -0.705. The third-order valence-corrected chi connectivity index (χ3v) is 10.3. The van der Waals surface area contributed by atoms with Gasteiger partial charge in [-0.15, -0.1) is 0 Å². The molecule has 2 N–H and O–H groups in total. The molecular weight excluding hydrogens is 376 g/mol. The van der Waals surface area contributed by atoms with Crippen molar-refractivity contribution in [1.29, 1.82) is 0 Å². The molecule has 9 atom stereocenters. The van der Waals surface area contributed by atoms with E-state index in [0.717, 1.165) is 56.9 Å². The Morgan fingerprint density at radius 2 is 1.80 bits per heavy atom. The highest BCUT2D eigenvalue weighted by Crippen LogP contribution is 2.68. The maximum atomic E-state index is 13.8. The average molecular weight is 417 g/mol. The van der Waals surface area contributed by atoms with E-state index < -0.39 is 5.97 Å². The monoisotopic (exact) mass is 416 g/mol. The fraction of sp³-hybridized carbons (Fsp3) is 0.846. The number of rotatable bonds is 4. The number of ketones is 1. The highest BCUT2D eigenvalue weighted by atomic mass is 16.4. The van der Waals surface area contributed by atoms with Gasteiger partial charge in [-0.1, -0.05) is 26.8 Å². The zero-order valence-electron chi connectivity index (χ0n) is 19.2. The van der Waals surface area contributed by atoms with Crippen molar-refractivity contribution >= 4 is 11.8 Å². The van der Waals surface area contributed by atoms with Crippen molar-refractivity contribution in [3.05, 3.63) is 11.6 Å². The first-order valence-electron chi connectivity index (χ1n) is 12.2. The van der Waals surface area contributed by atoms with Crippen LogP contribution in [0.4, 0.5) is 0 Å². The predicted molar refractivity (Wildman–Crippen MR) is 117 cm³/mol. The Balaban J connectivity index is 1.64. The Hall–Kier alpha value is -1.16. The molecule has 0 amide bonds. The maximum absolute atomic E-state index is 13.8. The molecule has 0 aliphatic heterocycles. The SMILES string of the molecule is C/C=C1/C(=O)C2C(CCC3(C)[C@@H]([C@H](C)CCC(=O)O)CC[C@@H]23)C2(C)CC[C@@H](O)CC12. The average Bonchev–Trinajstić information content (AvgIpc) is 3.05. The number of hydrogen-bond donors (Lipinski definition) is 2. The third-order valence-electron chi connectivity index (χ3n) is 10.3. The van der Waals surface area contributed by atoms with Gasteiger partial charge in [0.05, 0.1) is 6.10 Å². The Morgan fingerprint density at radius 3 is 2.47 bits per heavy atom. The van der Waals surface area contributed by atoms with E-state index in [-0.39, 0.29) is 35.2 Å². The van der Waals surface area contributed by atoms with Crippen LogP contribution >= 0.6 is 0 Å². The smallest absolute Gasteiger partial charge is 0.303 e. The molecule has 168 valence electrons. The molecule has 0 bridgehead atoms. The second-order valence-electron chi connectivity index (χ2n) is 11.5. The Morgan fingerprint density at radius 1 is 1.13 bits per heavy atom. The summed E-state index contributed by atoms with van der Waals surface area (Å²) in [5, 5.41) is 19.5. The lowest BCUT2D eigenvalue weighted by Gasteiger charge is -2.61. The van der Waals surface area contributed by atoms with Gasteiger partial charge in [0.15, 0.2) is 5.78 Å². The molecule has 30 heavy (non-hydrogen) atoms. The zero-order valence-corrected chi connectivity index (χ0v) is 19.2. The lowest BCUT2D eigenvalue weighted by atomic mass is 9.43. The molecule has 4 fully saturated rings. The zero-order chi connectivity index (χ0) is 21.8. The van der Waals surface area contributed by atoms with Gasteiger partial charge in [0.1, 0.15) is 0 Å². The molecule has 4 heteroatoms. The summed E-state index contributed by atoms with van der Waals surface area (Å²) in [6.45, 7) is 9.04. The van der Waals surface area contributed by atoms with Crippen LogP contribution in [-0.4, -0.2) is 28.1 Å². The topological polar surface area (TPSA) is 74.6 Å². The third kappa shape index (κ3) is 3.20. The number of Topliss-reactive ketones (excluding diaryl/α,β-unsaturated/α-hetero) is 1. The number of allylic oxidation sites excluding steroid dienone is 2. The summed E-state index contributed by atoms with van der Waals surface area (Å²) in [6, 6.07) is 0. The van der Waals surface area contributed by atoms with Crippen LogP contribution in [0, 0.1) is 46.3 Å². The summed E-state index contributed by atoms with van der Waals surface area (Å²) in [5.41, 5.74) is 1.25. The van der Waals surface area contributed by atoms with Crippen molar-refractivity contribution in [3.63, 3.8) is 0 Å². The van der Waals surface area contributed by atoms with Crippen LogP contribution in [0.2, 0.25) is 0 Å². The fourth-order valence-corrected chi connectivity index (χ4v) is 8.72. The van der Waals surface area contributed by atoms with Crippen LogP contribution in [0.3, 0.4) is 0 Å². The number of carbonyl (C=O) groups excluding carboxylic acids is 1. The number of fused-ring (bicyclic) bond motifs is 5. The van der Waals surface area contributed by atoms with Crippen LogP contribution in [0.15, 0.2) is 11.6 Å². The number of carboxylic acid groups (broad SMARTS) is 1. The van der Waals surface area contributed by atoms with Crippen LogP contribution in [0.1, 0.15) is 85.5 Å². The Bertz CT molecular complexity index is 741. The highest BCUT2D eigenvalue weighted by Gasteiger charge is 2.64. The first-order chi connectivity index (χ1) is 14.1. The van der Waals surface area contributed by atoms with Crippen LogP contribution in [0.25, 0.3) is 0 Å². The lowest BCUT2D eigenvalue weighted by molar-refractivity contribution is -0.150. The molecule has 4 saturated carbocycles. The minimum Gasteiger partial charge on any atom is -0.481 e. The van der Waals surface area contributed by atoms with Crippen molar-refractivity contribution in [2.75, 3.05) is 0 Å². The van der Waals surface area contributed by atoms with E-state index in [1.807, 2.05) is 13.0 Å². The predicted octanol–water partition coefficient (Wildman–Crippen LogP) is 5.24. The molecular formula is C26H40O4. The first-order valence-corrected chi connectivity index (χ1v) is 12.2. The van der Waals surface area contributed by atoms with E-state index in [2.05, 4.69) is 20.8 Å². The number of carbonyl (C=O) groups is 2. The summed E-state index contributed by atoms with van der Waals surface area (Å²) >= 11 is 0. The second-order valence-corrected chi connectivity index (χ2v) is 11.5. The summed E-state index contributed by atoms with van der Waals surface area (Å²) in [7, 11) is 0. The van der Waals surface area contributed by atoms with Gasteiger partial charge < -0.3 is 10.2 Å². The number of aliphatic carboxylic acids is 1. The van der Waals surface area contributed by atoms with E-state index in [1.165, 1.54) is 0 Å². The van der Waals surface area contributed by atoms with Gasteiger partial charge in [-0.2, -0.15) is 0 Å². The standard InChI is InChI=1S/C26H40O4/c1-5-17-21-14-16(27)10-12-26(21,4)20-11-13-25(3)18(15(2)6-9-22(28)29)7-8-19(25)23(20)24(17)30/h5,15-16,18-21,23,27H,6-14H2,1-4H3,(H,28,29)/b17-5+/t15-,16-,18-,19+,20?,21?,23?,25?,26?/m1/s1. The molecule has 0 aromatic rings. The summed E-state index contributed by atoms with van der Waals surface area (Å²) < 4.78 is 0. The lowest BCUT2D eigenvalue weighted by Crippen LogP contribution is -2.58. The molecule has 4 nitrogen and oxygen atoms in total. The number of hydrogen-bond acceptors (Lipinski definition) is 3. The normalized spacial score (nSPS) is 48.0. The van der Waals surface area contributed by atoms with E-state index in [9.17, 15) is 14.7 Å². The van der Waals surface area contributed by atoms with E-state index in [4.69, 9.17) is 5.11 Å². The van der Waals surface area contributed by atoms with Gasteiger partial charge in [-0.05, 0) is 104 Å². The fourth-order valence-electron chi connectivity index (χ4n) is 8.72. The van der Waals surface area contributed by atoms with Crippen molar-refractivity contribution < 1.29 is 19.8 Å². The summed E-state index contributed by atoms with van der Waals surface area (Å²) in [5.74, 6) is 1.74. The van der Waals surface area contributed by atoms with Crippen LogP contribution in [0.5, 0.6) is 0 Å². The van der Waals surface area contributed by atoms with E-state index in [0.29, 0.717) is 29.5 Å². The van der Waals surface area contributed by atoms with Crippen LogP contribution < -0.4 is 0 Å². The second kappa shape index (κ2) is 7.76. The molecule has 0 saturated heterocycles. The van der Waals surface area contributed by atoms with E-state index in [1.54, 1.807) is 0 Å². The minimum absolute atomic E-state index is 0.114. The molecule has 0 aromatic carbocycles. The van der Waals surface area contributed by atoms with Gasteiger partial charge in [0, 0.05) is 12.3 Å². The quantitative estimate of drug-likeness (QED) is 0.614. The Kier molecular flexibility index (Phi) is 5.70. The van der Waals surface area contributed by atoms with Gasteiger partial charge in [-0.25, -0.2) is 0 Å². The number of aliphatic hydroxyl groups is 1. The molecule has 0 radical (unpaired) electrons. The summed E-state index contributed by atoms with van der Waals surface area (Å²) in [4.78, 5) is 24.9. The van der Waals surface area contributed by atoms with Gasteiger partial charge in [-0.3, -0.25) is 9.59 Å². The maximum Gasteiger partial charge on any atom is 0.303 e. The molecule has 0 aromatic heterocycles. The van der Waals surface area contributed by atoms with Crippen molar-refractivity contribution in [1.82, 2.24) is 0 Å². The first kappa shape index (κ1) is 22.0. The van der Waals surface area contributed by atoms with Crippen molar-refractivity contribution in [2.24, 2.45) is 46.3 Å². The number of aliphatic hydroxyl groups excluding tert-OH is 1. The van der Waals surface area contributed by atoms with Gasteiger partial charge in [0.2, 0.25) is 0 Å². The van der Waals surface area contributed by atoms with Gasteiger partial charge in [0.25, 0.3) is 0 Å². The molecule has 4 aliphatic carbocycles. The van der Waals surface area contributed by atoms with Crippen LogP contribution in [-0.2, 0) is 9.59 Å². The highest BCUT2D eigenvalue weighted by molar-refractivity contribution is 5.99. The van der Waals surface area contributed by atoms with Crippen molar-refractivity contribution in [3.8, 4) is 0 Å². The van der Waals surface area contributed by atoms with Crippen molar-refractivity contribution in [2.45, 2.75) is 91.6 Å². The molecule has 4 rings (SSSR count). The van der Waals surface area contributed by atoms with Gasteiger partial charge >= 0.3 is 5.97 Å². The number of carboxylic acids is 1. The largest absolute Gasteiger partial charge is 0.481 e. The molecule has 4 aliphatic rings.